The molecule has 4 aromatic rings. The van der Waals surface area contributed by atoms with E-state index in [4.69, 9.17) is 19.2 Å². The van der Waals surface area contributed by atoms with Gasteiger partial charge in [-0.15, -0.1) is 0 Å². The summed E-state index contributed by atoms with van der Waals surface area (Å²) < 4.78 is 16.6. The third kappa shape index (κ3) is 4.59. The molecule has 0 aliphatic carbocycles. The summed E-state index contributed by atoms with van der Waals surface area (Å²) in [5.41, 5.74) is 0.542. The number of benzene rings is 3. The number of ether oxygens (including phenoxy) is 2. The van der Waals surface area contributed by atoms with E-state index in [-0.39, 0.29) is 24.9 Å². The molecule has 0 atom stereocenters. The van der Waals surface area contributed by atoms with Crippen molar-refractivity contribution < 1.29 is 18.7 Å². The number of carbonyl (C=O) groups excluding carboxylic acids is 1. The molecule has 6 heteroatoms. The van der Waals surface area contributed by atoms with Crippen LogP contribution in [0.4, 0.5) is 5.69 Å². The van der Waals surface area contributed by atoms with Crippen molar-refractivity contribution in [2.75, 3.05) is 11.9 Å². The highest BCUT2D eigenvalue weighted by molar-refractivity contribution is 6.02. The lowest BCUT2D eigenvalue weighted by atomic mass is 10.1. The molecule has 0 spiro atoms. The van der Waals surface area contributed by atoms with Gasteiger partial charge in [-0.2, -0.15) is 5.26 Å². The third-order valence-electron chi connectivity index (χ3n) is 4.38. The van der Waals surface area contributed by atoms with Crippen LogP contribution >= 0.6 is 0 Å². The van der Waals surface area contributed by atoms with Gasteiger partial charge in [-0.1, -0.05) is 36.4 Å². The van der Waals surface area contributed by atoms with Crippen LogP contribution in [0.1, 0.15) is 16.3 Å². The Morgan fingerprint density at radius 1 is 0.900 bits per heavy atom. The topological polar surface area (TPSA) is 84.5 Å². The molecule has 0 saturated heterocycles. The van der Waals surface area contributed by atoms with Crippen LogP contribution in [0.15, 0.2) is 83.3 Å². The molecule has 0 saturated carbocycles. The fraction of sp³-hybridized carbons (Fsp3) is 0.0833. The number of amides is 1. The van der Waals surface area contributed by atoms with Gasteiger partial charge in [0.05, 0.1) is 0 Å². The molecular weight excluding hydrogens is 380 g/mol. The largest absolute Gasteiger partial charge is 0.486 e. The van der Waals surface area contributed by atoms with Crippen LogP contribution in [0.2, 0.25) is 0 Å². The molecule has 0 bridgehead atoms. The average molecular weight is 398 g/mol. The maximum absolute atomic E-state index is 12.4. The van der Waals surface area contributed by atoms with Crippen LogP contribution in [0, 0.1) is 11.3 Å². The first-order valence-corrected chi connectivity index (χ1v) is 9.33. The Morgan fingerprint density at radius 2 is 1.73 bits per heavy atom. The lowest BCUT2D eigenvalue weighted by Crippen LogP contribution is -2.11. The minimum Gasteiger partial charge on any atom is -0.486 e. The molecule has 30 heavy (non-hydrogen) atoms. The Hall–Kier alpha value is -4.24. The fourth-order valence-electron chi connectivity index (χ4n) is 2.96. The molecule has 1 amide bonds. The van der Waals surface area contributed by atoms with Crippen molar-refractivity contribution in [1.29, 1.82) is 5.26 Å². The number of fused-ring (bicyclic) bond motifs is 1. The van der Waals surface area contributed by atoms with Crippen molar-refractivity contribution in [1.82, 2.24) is 0 Å². The van der Waals surface area contributed by atoms with Gasteiger partial charge in [0.25, 0.3) is 5.91 Å². The summed E-state index contributed by atoms with van der Waals surface area (Å²) in [4.78, 5) is 12.4. The lowest BCUT2D eigenvalue weighted by Gasteiger charge is -2.07. The van der Waals surface area contributed by atoms with E-state index in [1.165, 1.54) is 0 Å². The number of nitriles is 1. The van der Waals surface area contributed by atoms with Crippen LogP contribution in [-0.4, -0.2) is 12.5 Å². The summed E-state index contributed by atoms with van der Waals surface area (Å²) in [5, 5.41) is 13.6. The van der Waals surface area contributed by atoms with E-state index in [1.807, 2.05) is 48.5 Å². The van der Waals surface area contributed by atoms with Crippen LogP contribution in [-0.2, 0) is 6.61 Å². The number of anilines is 1. The highest BCUT2D eigenvalue weighted by atomic mass is 16.5. The minimum absolute atomic E-state index is 0.0594. The molecule has 4 rings (SSSR count). The third-order valence-corrected chi connectivity index (χ3v) is 4.38. The monoisotopic (exact) mass is 398 g/mol. The minimum atomic E-state index is -0.385. The van der Waals surface area contributed by atoms with E-state index in [0.717, 1.165) is 16.5 Å². The standard InChI is InChI=1S/C24H18N2O4/c25-12-13-28-20-7-3-6-19(15-20)26-24(27)23-11-10-22(30-23)16-29-21-9-8-17-4-1-2-5-18(17)14-21/h1-11,14-15H,13,16H2,(H,26,27). The van der Waals surface area contributed by atoms with Crippen molar-refractivity contribution in [2.45, 2.75) is 6.61 Å². The Kier molecular flexibility index (Phi) is 5.63. The molecule has 1 heterocycles. The van der Waals surface area contributed by atoms with Gasteiger partial charge in [-0.3, -0.25) is 4.79 Å². The summed E-state index contributed by atoms with van der Waals surface area (Å²) in [6, 6.07) is 25.9. The average Bonchev–Trinajstić information content (AvgIpc) is 3.26. The summed E-state index contributed by atoms with van der Waals surface area (Å²) in [7, 11) is 0. The SMILES string of the molecule is N#CCOc1cccc(NC(=O)c2ccc(COc3ccc4ccccc4c3)o2)c1. The molecule has 0 fully saturated rings. The van der Waals surface area contributed by atoms with Gasteiger partial charge < -0.3 is 19.2 Å². The number of nitrogens with one attached hydrogen (secondary N) is 1. The number of hydrogen-bond donors (Lipinski definition) is 1. The highest BCUT2D eigenvalue weighted by Gasteiger charge is 2.12. The first-order valence-electron chi connectivity index (χ1n) is 9.33. The van der Waals surface area contributed by atoms with E-state index in [1.54, 1.807) is 36.4 Å². The number of nitrogens with zero attached hydrogens (tertiary/aromatic N) is 1. The molecule has 0 unspecified atom stereocenters. The predicted octanol–water partition coefficient (Wildman–Crippen LogP) is 5.17. The van der Waals surface area contributed by atoms with Crippen molar-refractivity contribution in [2.24, 2.45) is 0 Å². The maximum Gasteiger partial charge on any atom is 0.291 e. The molecule has 1 N–H and O–H groups in total. The number of furan rings is 1. The predicted molar refractivity (Wildman–Crippen MR) is 112 cm³/mol. The molecule has 1 aromatic heterocycles. The van der Waals surface area contributed by atoms with E-state index >= 15 is 0 Å². The van der Waals surface area contributed by atoms with Crippen molar-refractivity contribution in [3.8, 4) is 17.6 Å². The molecule has 3 aromatic carbocycles. The highest BCUT2D eigenvalue weighted by Crippen LogP contribution is 2.22. The van der Waals surface area contributed by atoms with Crippen LogP contribution in [0.25, 0.3) is 10.8 Å². The Labute approximate surface area is 173 Å². The van der Waals surface area contributed by atoms with Crippen molar-refractivity contribution in [3.05, 3.63) is 90.4 Å². The van der Waals surface area contributed by atoms with Gasteiger partial charge in [0, 0.05) is 11.8 Å². The summed E-state index contributed by atoms with van der Waals surface area (Å²) in [6.07, 6.45) is 0. The zero-order valence-corrected chi connectivity index (χ0v) is 16.0. The number of rotatable bonds is 7. The molecule has 0 aliphatic heterocycles. The van der Waals surface area contributed by atoms with Gasteiger partial charge in [-0.25, -0.2) is 0 Å². The normalized spacial score (nSPS) is 10.4. The molecule has 148 valence electrons. The molecule has 0 aliphatic rings. The second-order valence-corrected chi connectivity index (χ2v) is 6.49. The first-order chi connectivity index (χ1) is 14.7. The van der Waals surface area contributed by atoms with Crippen LogP contribution in [0.5, 0.6) is 11.5 Å². The lowest BCUT2D eigenvalue weighted by molar-refractivity contribution is 0.0992. The van der Waals surface area contributed by atoms with Gasteiger partial charge in [0.1, 0.15) is 29.9 Å². The van der Waals surface area contributed by atoms with Crippen LogP contribution in [0.3, 0.4) is 0 Å². The zero-order valence-electron chi connectivity index (χ0n) is 16.0. The first kappa shape index (κ1) is 19.1. The Morgan fingerprint density at radius 3 is 2.60 bits per heavy atom. The van der Waals surface area contributed by atoms with E-state index in [2.05, 4.69) is 5.32 Å². The van der Waals surface area contributed by atoms with E-state index < -0.39 is 0 Å². The Balaban J connectivity index is 1.37. The van der Waals surface area contributed by atoms with E-state index in [0.29, 0.717) is 17.2 Å². The van der Waals surface area contributed by atoms with Crippen LogP contribution < -0.4 is 14.8 Å². The summed E-state index contributed by atoms with van der Waals surface area (Å²) in [6.45, 7) is 0.152. The van der Waals surface area contributed by atoms with Crippen molar-refractivity contribution >= 4 is 22.4 Å². The Bertz CT molecular complexity index is 1220. The molecule has 6 nitrogen and oxygen atoms in total. The number of hydrogen-bond acceptors (Lipinski definition) is 5. The van der Waals surface area contributed by atoms with E-state index in [9.17, 15) is 4.79 Å². The molecular formula is C24H18N2O4. The molecule has 0 radical (unpaired) electrons. The number of carbonyl (C=O) groups is 1. The van der Waals surface area contributed by atoms with Gasteiger partial charge in [-0.05, 0) is 47.2 Å². The quantitative estimate of drug-likeness (QED) is 0.464. The second-order valence-electron chi connectivity index (χ2n) is 6.49. The second kappa shape index (κ2) is 8.84. The maximum atomic E-state index is 12.4. The van der Waals surface area contributed by atoms with Crippen molar-refractivity contribution in [3.63, 3.8) is 0 Å². The zero-order chi connectivity index (χ0) is 20.8. The summed E-state index contributed by atoms with van der Waals surface area (Å²) >= 11 is 0. The van der Waals surface area contributed by atoms with Gasteiger partial charge in [0.2, 0.25) is 0 Å². The summed E-state index contributed by atoms with van der Waals surface area (Å²) in [5.74, 6) is 1.56. The van der Waals surface area contributed by atoms with Gasteiger partial charge in [0.15, 0.2) is 12.4 Å². The smallest absolute Gasteiger partial charge is 0.291 e. The van der Waals surface area contributed by atoms with Gasteiger partial charge >= 0.3 is 0 Å². The fourth-order valence-corrected chi connectivity index (χ4v) is 2.96.